The van der Waals surface area contributed by atoms with Gasteiger partial charge < -0.3 is 15.1 Å². The number of aliphatic hydroxyl groups is 1. The third-order valence-corrected chi connectivity index (χ3v) is 7.88. The number of aliphatic carboxylic acids is 1. The minimum absolute atomic E-state index is 0.0506. The van der Waals surface area contributed by atoms with Gasteiger partial charge in [0, 0.05) is 43.4 Å². The number of alkyl halides is 6. The van der Waals surface area contributed by atoms with Crippen LogP contribution in [-0.4, -0.2) is 72.4 Å². The van der Waals surface area contributed by atoms with E-state index < -0.39 is 33.9 Å². The molecule has 2 aromatic rings. The van der Waals surface area contributed by atoms with Gasteiger partial charge in [-0.1, -0.05) is 12.1 Å². The fourth-order valence-corrected chi connectivity index (χ4v) is 5.18. The van der Waals surface area contributed by atoms with Crippen molar-refractivity contribution in [2.24, 2.45) is 0 Å². The normalized spacial score (nSPS) is 17.5. The Morgan fingerprint density at radius 2 is 1.53 bits per heavy atom. The fraction of sp³-hybridized carbons (Fsp3) is 0.444. The number of sulfonamides is 1. The van der Waals surface area contributed by atoms with Gasteiger partial charge in [0.2, 0.25) is 4.34 Å². The number of nitrogens with zero attached hydrogens (tertiary/aromatic N) is 3. The number of hydrogen-bond donors (Lipinski definition) is 2. The van der Waals surface area contributed by atoms with Crippen molar-refractivity contribution in [2.45, 2.75) is 29.2 Å². The highest BCUT2D eigenvalue weighted by Crippen LogP contribution is 2.39. The van der Waals surface area contributed by atoms with Gasteiger partial charge in [-0.25, -0.2) is 18.2 Å². The lowest BCUT2D eigenvalue weighted by Crippen LogP contribution is -2.48. The summed E-state index contributed by atoms with van der Waals surface area (Å²) in [5, 5.41) is 18.4. The molecular weight excluding hydrogens is 516 g/mol. The van der Waals surface area contributed by atoms with Gasteiger partial charge in [0.05, 0.1) is 0 Å². The lowest BCUT2D eigenvalue weighted by atomic mass is 9.95. The van der Waals surface area contributed by atoms with Gasteiger partial charge in [-0.05, 0) is 24.6 Å². The van der Waals surface area contributed by atoms with Crippen LogP contribution in [0.15, 0.2) is 40.2 Å². The summed E-state index contributed by atoms with van der Waals surface area (Å²) in [4.78, 5) is 14.6. The quantitative estimate of drug-likeness (QED) is 0.579. The van der Waals surface area contributed by atoms with Crippen LogP contribution in [0.4, 0.5) is 32.0 Å². The number of anilines is 1. The summed E-state index contributed by atoms with van der Waals surface area (Å²) < 4.78 is 96.8. The Balaban J connectivity index is 0.000000509. The second kappa shape index (κ2) is 10.1. The monoisotopic (exact) mass is 535 g/mol. The summed E-state index contributed by atoms with van der Waals surface area (Å²) in [5.74, 6) is -2.76. The average molecular weight is 535 g/mol. The third-order valence-electron chi connectivity index (χ3n) is 4.80. The first-order valence-corrected chi connectivity index (χ1v) is 11.6. The zero-order valence-corrected chi connectivity index (χ0v) is 19.0. The van der Waals surface area contributed by atoms with Crippen LogP contribution >= 0.6 is 11.3 Å². The largest absolute Gasteiger partial charge is 0.490 e. The lowest BCUT2D eigenvalue weighted by molar-refractivity contribution is -0.258. The number of carboxylic acids is 1. The molecule has 8 nitrogen and oxygen atoms in total. The molecule has 190 valence electrons. The molecule has 1 fully saturated rings. The maximum atomic E-state index is 12.9. The van der Waals surface area contributed by atoms with E-state index in [2.05, 4.69) is 4.98 Å². The first-order valence-electron chi connectivity index (χ1n) is 9.32. The molecule has 1 saturated heterocycles. The van der Waals surface area contributed by atoms with Crippen LogP contribution in [0, 0.1) is 0 Å². The number of aromatic nitrogens is 1. The number of benzene rings is 1. The Morgan fingerprint density at radius 1 is 1.03 bits per heavy atom. The van der Waals surface area contributed by atoms with E-state index in [1.54, 1.807) is 5.38 Å². The molecule has 16 heteroatoms. The molecule has 34 heavy (non-hydrogen) atoms. The maximum Gasteiger partial charge on any atom is 0.490 e. The Kier molecular flexibility index (Phi) is 8.22. The van der Waals surface area contributed by atoms with E-state index in [0.717, 1.165) is 11.3 Å². The number of carbonyl (C=O) groups is 1. The van der Waals surface area contributed by atoms with Crippen molar-refractivity contribution < 1.29 is 49.8 Å². The van der Waals surface area contributed by atoms with Gasteiger partial charge in [-0.3, -0.25) is 0 Å². The number of carboxylic acid groups (broad SMARTS) is 1. The number of thiazole rings is 1. The molecule has 2 heterocycles. The predicted molar refractivity (Wildman–Crippen MR) is 109 cm³/mol. The average Bonchev–Trinajstić information content (AvgIpc) is 3.29. The molecule has 0 aliphatic carbocycles. The number of piperazine rings is 1. The Labute approximate surface area is 194 Å². The van der Waals surface area contributed by atoms with Crippen LogP contribution in [0.1, 0.15) is 12.5 Å². The van der Waals surface area contributed by atoms with Crippen molar-refractivity contribution in [2.75, 3.05) is 31.1 Å². The van der Waals surface area contributed by atoms with Crippen LogP contribution in [0.2, 0.25) is 0 Å². The van der Waals surface area contributed by atoms with Gasteiger partial charge in [0.1, 0.15) is 0 Å². The molecule has 3 rings (SSSR count). The van der Waals surface area contributed by atoms with Gasteiger partial charge in [0.25, 0.3) is 10.0 Å². The minimum Gasteiger partial charge on any atom is -0.475 e. The molecule has 0 bridgehead atoms. The zero-order chi connectivity index (χ0) is 25.9. The van der Waals surface area contributed by atoms with Crippen molar-refractivity contribution >= 4 is 33.0 Å². The number of rotatable bonds is 4. The fourth-order valence-electron chi connectivity index (χ4n) is 2.80. The van der Waals surface area contributed by atoms with E-state index in [1.165, 1.54) is 34.8 Å². The molecule has 2 N–H and O–H groups in total. The molecule has 1 aliphatic heterocycles. The summed E-state index contributed by atoms with van der Waals surface area (Å²) in [6, 6.07) is 5.48. The Hall–Kier alpha value is -2.43. The van der Waals surface area contributed by atoms with Gasteiger partial charge >= 0.3 is 18.3 Å². The molecule has 0 spiro atoms. The number of hydrogen-bond acceptors (Lipinski definition) is 7. The standard InChI is InChI=1S/C16H18F3N3O3S2.C2HF3O2/c1-15(23,16(17,18)19)12-2-4-13(5-3-12)21-7-9-22(10-8-21)27(24,25)14-20-6-11-26-14;3-2(4,5)1(6)7/h2-6,11,23H,7-10H2,1H3;(H,6,7). The van der Waals surface area contributed by atoms with E-state index in [-0.39, 0.29) is 23.0 Å². The molecule has 1 aromatic carbocycles. The summed E-state index contributed by atoms with van der Waals surface area (Å²) in [7, 11) is -3.61. The third kappa shape index (κ3) is 6.37. The number of halogens is 6. The highest BCUT2D eigenvalue weighted by atomic mass is 32.2. The van der Waals surface area contributed by atoms with Gasteiger partial charge in [-0.15, -0.1) is 11.3 Å². The van der Waals surface area contributed by atoms with Crippen LogP contribution < -0.4 is 4.90 Å². The van der Waals surface area contributed by atoms with E-state index in [0.29, 0.717) is 25.7 Å². The summed E-state index contributed by atoms with van der Waals surface area (Å²) >= 11 is 1.06. The molecule has 0 saturated carbocycles. The Bertz CT molecular complexity index is 1060. The van der Waals surface area contributed by atoms with Crippen molar-refractivity contribution in [1.29, 1.82) is 0 Å². The molecule has 1 aromatic heterocycles. The topological polar surface area (TPSA) is 111 Å². The maximum absolute atomic E-state index is 12.9. The van der Waals surface area contributed by atoms with Crippen LogP contribution in [0.3, 0.4) is 0 Å². The van der Waals surface area contributed by atoms with Crippen LogP contribution in [-0.2, 0) is 20.4 Å². The highest BCUT2D eigenvalue weighted by Gasteiger charge is 2.51. The van der Waals surface area contributed by atoms with Crippen molar-refractivity contribution in [3.8, 4) is 0 Å². The van der Waals surface area contributed by atoms with Crippen LogP contribution in [0.5, 0.6) is 0 Å². The summed E-state index contributed by atoms with van der Waals surface area (Å²) in [5.41, 5.74) is -2.50. The van der Waals surface area contributed by atoms with E-state index >= 15 is 0 Å². The summed E-state index contributed by atoms with van der Waals surface area (Å²) in [6.07, 6.45) is -8.42. The smallest absolute Gasteiger partial charge is 0.475 e. The molecule has 1 atom stereocenters. The van der Waals surface area contributed by atoms with E-state index in [4.69, 9.17) is 9.90 Å². The van der Waals surface area contributed by atoms with Crippen molar-refractivity contribution in [3.05, 3.63) is 41.4 Å². The first kappa shape index (κ1) is 27.8. The van der Waals surface area contributed by atoms with E-state index in [9.17, 15) is 39.9 Å². The van der Waals surface area contributed by atoms with E-state index in [1.807, 2.05) is 4.90 Å². The second-order valence-corrected chi connectivity index (χ2v) is 10.1. The molecule has 0 amide bonds. The molecule has 1 unspecified atom stereocenters. The lowest BCUT2D eigenvalue weighted by Gasteiger charge is -2.35. The van der Waals surface area contributed by atoms with Crippen molar-refractivity contribution in [1.82, 2.24) is 9.29 Å². The predicted octanol–water partition coefficient (Wildman–Crippen LogP) is 3.06. The van der Waals surface area contributed by atoms with Gasteiger partial charge in [-0.2, -0.15) is 30.6 Å². The zero-order valence-electron chi connectivity index (χ0n) is 17.3. The second-order valence-electron chi connectivity index (χ2n) is 7.11. The SMILES string of the molecule is CC(O)(c1ccc(N2CCN(S(=O)(=O)c3nccs3)CC2)cc1)C(F)(F)F.O=C(O)C(F)(F)F. The van der Waals surface area contributed by atoms with Crippen molar-refractivity contribution in [3.63, 3.8) is 0 Å². The molecule has 0 radical (unpaired) electrons. The summed E-state index contributed by atoms with van der Waals surface area (Å²) in [6.45, 7) is 2.03. The van der Waals surface area contributed by atoms with Crippen LogP contribution in [0.25, 0.3) is 0 Å². The molecular formula is C18H19F6N3O5S2. The highest BCUT2D eigenvalue weighted by molar-refractivity contribution is 7.91. The molecule has 1 aliphatic rings. The van der Waals surface area contributed by atoms with Gasteiger partial charge in [0.15, 0.2) is 5.60 Å². The minimum atomic E-state index is -5.08. The first-order chi connectivity index (χ1) is 15.5. The Morgan fingerprint density at radius 3 is 1.91 bits per heavy atom.